The van der Waals surface area contributed by atoms with E-state index in [1.54, 1.807) is 0 Å². The van der Waals surface area contributed by atoms with E-state index in [9.17, 15) is 22.8 Å². The molecule has 34 heavy (non-hydrogen) atoms. The molecule has 0 spiro atoms. The molecule has 2 amide bonds. The lowest BCUT2D eigenvalue weighted by Crippen LogP contribution is -2.49. The van der Waals surface area contributed by atoms with Gasteiger partial charge in [0, 0.05) is 42.2 Å². The molecule has 4 N–H and O–H groups in total. The van der Waals surface area contributed by atoms with Gasteiger partial charge in [0.15, 0.2) is 0 Å². The van der Waals surface area contributed by atoms with Crippen LogP contribution in [-0.2, 0) is 20.5 Å². The van der Waals surface area contributed by atoms with Crippen LogP contribution in [0.3, 0.4) is 0 Å². The third-order valence-corrected chi connectivity index (χ3v) is 6.59. The molecule has 1 aromatic rings. The van der Waals surface area contributed by atoms with Gasteiger partial charge in [0.1, 0.15) is 0 Å². The van der Waals surface area contributed by atoms with E-state index < -0.39 is 35.8 Å². The van der Waals surface area contributed by atoms with Crippen LogP contribution in [0, 0.1) is 11.8 Å². The summed E-state index contributed by atoms with van der Waals surface area (Å²) in [5.41, 5.74) is 0.351. The van der Waals surface area contributed by atoms with E-state index in [0.29, 0.717) is 24.1 Å². The van der Waals surface area contributed by atoms with E-state index >= 15 is 0 Å². The SMILES string of the molecule is O=C(NCCO)C(=O)NC[C@H]1CC[C@@H]2[C@H](O1)c1cc(C(F)(F)F)ccc1N[C@H]2C1C=CC=CC1. The summed E-state index contributed by atoms with van der Waals surface area (Å²) in [7, 11) is 0. The average Bonchev–Trinajstić information content (AvgIpc) is 2.84. The van der Waals surface area contributed by atoms with Gasteiger partial charge in [0.25, 0.3) is 0 Å². The standard InChI is InChI=1S/C24H28F3N3O4/c25-24(26,27)15-6-9-19-18(12-15)21-17(20(30-19)14-4-2-1-3-5-14)8-7-16(34-21)13-29-23(33)22(32)28-10-11-31/h1-4,6,9,12,14,16-17,20-21,30-31H,5,7-8,10-11,13H2,(H,28,32)(H,29,33)/t14?,16-,17+,20+,21+/m1/s1. The fraction of sp³-hybridized carbons (Fsp3) is 0.500. The van der Waals surface area contributed by atoms with E-state index in [2.05, 4.69) is 28.1 Å². The molecule has 1 aromatic carbocycles. The Balaban J connectivity index is 1.53. The fourth-order valence-electron chi connectivity index (χ4n) is 4.95. The molecule has 3 aliphatic rings. The predicted molar refractivity (Wildman–Crippen MR) is 119 cm³/mol. The number of carbonyl (C=O) groups excluding carboxylic acids is 2. The van der Waals surface area contributed by atoms with Crippen molar-refractivity contribution in [1.29, 1.82) is 0 Å². The number of alkyl halides is 3. The normalized spacial score (nSPS) is 27.8. The number of allylic oxidation sites excluding steroid dienone is 3. The van der Waals surface area contributed by atoms with Crippen LogP contribution in [0.2, 0.25) is 0 Å². The first-order valence-electron chi connectivity index (χ1n) is 11.4. The molecule has 1 saturated heterocycles. The number of ether oxygens (including phenoxy) is 1. The Morgan fingerprint density at radius 1 is 1.15 bits per heavy atom. The van der Waals surface area contributed by atoms with E-state index in [4.69, 9.17) is 9.84 Å². The molecule has 10 heteroatoms. The summed E-state index contributed by atoms with van der Waals surface area (Å²) >= 11 is 0. The zero-order valence-corrected chi connectivity index (χ0v) is 18.5. The lowest BCUT2D eigenvalue weighted by Gasteiger charge is -2.47. The lowest BCUT2D eigenvalue weighted by atomic mass is 9.73. The molecule has 0 bridgehead atoms. The van der Waals surface area contributed by atoms with Crippen LogP contribution >= 0.6 is 0 Å². The van der Waals surface area contributed by atoms with Crippen molar-refractivity contribution in [2.75, 3.05) is 25.0 Å². The highest BCUT2D eigenvalue weighted by molar-refractivity contribution is 6.35. The molecule has 0 aromatic heterocycles. The topological polar surface area (TPSA) is 99.7 Å². The van der Waals surface area contributed by atoms with E-state index in [0.717, 1.165) is 18.6 Å². The van der Waals surface area contributed by atoms with Crippen LogP contribution in [0.4, 0.5) is 18.9 Å². The maximum Gasteiger partial charge on any atom is 0.416 e. The number of hydrogen-bond donors (Lipinski definition) is 4. The second kappa shape index (κ2) is 10.2. The number of hydrogen-bond acceptors (Lipinski definition) is 5. The summed E-state index contributed by atoms with van der Waals surface area (Å²) in [6.07, 6.45) is 4.79. The molecular formula is C24H28F3N3O4. The van der Waals surface area contributed by atoms with Gasteiger partial charge in [-0.1, -0.05) is 24.3 Å². The number of benzene rings is 1. The number of amides is 2. The van der Waals surface area contributed by atoms with Crippen molar-refractivity contribution in [3.63, 3.8) is 0 Å². The van der Waals surface area contributed by atoms with Gasteiger partial charge in [-0.2, -0.15) is 13.2 Å². The second-order valence-electron chi connectivity index (χ2n) is 8.79. The summed E-state index contributed by atoms with van der Waals surface area (Å²) in [5.74, 6) is -1.57. The van der Waals surface area contributed by atoms with Crippen molar-refractivity contribution in [1.82, 2.24) is 10.6 Å². The van der Waals surface area contributed by atoms with Crippen molar-refractivity contribution in [3.8, 4) is 0 Å². The molecule has 184 valence electrons. The summed E-state index contributed by atoms with van der Waals surface area (Å²) in [5, 5.41) is 17.0. The first-order valence-corrected chi connectivity index (χ1v) is 11.4. The van der Waals surface area contributed by atoms with Gasteiger partial charge in [0.05, 0.1) is 24.4 Å². The molecule has 5 atom stereocenters. The van der Waals surface area contributed by atoms with Gasteiger partial charge in [-0.05, 0) is 37.5 Å². The quantitative estimate of drug-likeness (QED) is 0.487. The predicted octanol–water partition coefficient (Wildman–Crippen LogP) is 2.69. The van der Waals surface area contributed by atoms with Crippen LogP contribution in [0.1, 0.15) is 36.5 Å². The minimum Gasteiger partial charge on any atom is -0.395 e. The average molecular weight is 479 g/mol. The molecule has 1 fully saturated rings. The molecule has 1 aliphatic carbocycles. The molecule has 0 radical (unpaired) electrons. The van der Waals surface area contributed by atoms with E-state index in [-0.39, 0.29) is 37.6 Å². The Morgan fingerprint density at radius 3 is 2.65 bits per heavy atom. The minimum absolute atomic E-state index is 0.00441. The van der Waals surface area contributed by atoms with E-state index in [1.165, 1.54) is 6.07 Å². The third-order valence-electron chi connectivity index (χ3n) is 6.59. The molecule has 4 rings (SSSR count). The molecule has 2 heterocycles. The number of nitrogens with one attached hydrogen (secondary N) is 3. The van der Waals surface area contributed by atoms with Crippen LogP contribution < -0.4 is 16.0 Å². The number of halogens is 3. The first kappa shape index (κ1) is 24.3. The fourth-order valence-corrected chi connectivity index (χ4v) is 4.95. The van der Waals surface area contributed by atoms with Crippen molar-refractivity contribution in [2.45, 2.75) is 43.7 Å². The largest absolute Gasteiger partial charge is 0.416 e. The van der Waals surface area contributed by atoms with Gasteiger partial charge in [-0.3, -0.25) is 9.59 Å². The zero-order chi connectivity index (χ0) is 24.3. The molecular weight excluding hydrogens is 451 g/mol. The van der Waals surface area contributed by atoms with Crippen LogP contribution in [0.5, 0.6) is 0 Å². The summed E-state index contributed by atoms with van der Waals surface area (Å²) in [6.45, 7) is -0.255. The molecule has 1 unspecified atom stereocenters. The summed E-state index contributed by atoms with van der Waals surface area (Å²) in [6, 6.07) is 3.68. The highest BCUT2D eigenvalue weighted by Crippen LogP contribution is 2.49. The van der Waals surface area contributed by atoms with Gasteiger partial charge >= 0.3 is 18.0 Å². The van der Waals surface area contributed by atoms with Crippen molar-refractivity contribution in [2.24, 2.45) is 11.8 Å². The zero-order valence-electron chi connectivity index (χ0n) is 18.5. The Labute approximate surface area is 195 Å². The van der Waals surface area contributed by atoms with Crippen LogP contribution in [0.25, 0.3) is 0 Å². The summed E-state index contributed by atoms with van der Waals surface area (Å²) < 4.78 is 46.5. The lowest BCUT2D eigenvalue weighted by molar-refractivity contribution is -0.140. The molecule has 2 aliphatic heterocycles. The Hall–Kier alpha value is -2.85. The number of fused-ring (bicyclic) bond motifs is 3. The van der Waals surface area contributed by atoms with Crippen LogP contribution in [0.15, 0.2) is 42.5 Å². The monoisotopic (exact) mass is 479 g/mol. The van der Waals surface area contributed by atoms with Gasteiger partial charge < -0.3 is 25.8 Å². The van der Waals surface area contributed by atoms with E-state index in [1.807, 2.05) is 12.2 Å². The number of rotatable bonds is 5. The molecule has 7 nitrogen and oxygen atoms in total. The number of anilines is 1. The smallest absolute Gasteiger partial charge is 0.395 e. The first-order chi connectivity index (χ1) is 16.3. The Morgan fingerprint density at radius 2 is 1.94 bits per heavy atom. The highest BCUT2D eigenvalue weighted by Gasteiger charge is 2.45. The Kier molecular flexibility index (Phi) is 7.27. The van der Waals surface area contributed by atoms with Crippen LogP contribution in [-0.4, -0.2) is 48.8 Å². The minimum atomic E-state index is -4.47. The number of carbonyl (C=O) groups is 2. The Bertz CT molecular complexity index is 979. The number of aliphatic hydroxyl groups excluding tert-OH is 1. The van der Waals surface area contributed by atoms with Crippen molar-refractivity contribution in [3.05, 3.63) is 53.6 Å². The van der Waals surface area contributed by atoms with Gasteiger partial charge in [-0.25, -0.2) is 0 Å². The van der Waals surface area contributed by atoms with Gasteiger partial charge in [0.2, 0.25) is 0 Å². The van der Waals surface area contributed by atoms with Crippen molar-refractivity contribution < 1.29 is 32.6 Å². The second-order valence-corrected chi connectivity index (χ2v) is 8.79. The number of aliphatic hydroxyl groups is 1. The highest BCUT2D eigenvalue weighted by atomic mass is 19.4. The molecule has 0 saturated carbocycles. The summed E-state index contributed by atoms with van der Waals surface area (Å²) in [4.78, 5) is 23.7. The maximum absolute atomic E-state index is 13.4. The van der Waals surface area contributed by atoms with Crippen molar-refractivity contribution >= 4 is 17.5 Å². The third kappa shape index (κ3) is 5.28. The maximum atomic E-state index is 13.4. The van der Waals surface area contributed by atoms with Gasteiger partial charge in [-0.15, -0.1) is 0 Å².